The van der Waals surface area contributed by atoms with Crippen LogP contribution in [0.1, 0.15) is 13.3 Å². The molecule has 1 unspecified atom stereocenters. The molecule has 0 aromatic heterocycles. The third-order valence-corrected chi connectivity index (χ3v) is 2.04. The Hall–Kier alpha value is -1.80. The van der Waals surface area contributed by atoms with Gasteiger partial charge in [0.2, 0.25) is 0 Å². The van der Waals surface area contributed by atoms with Crippen molar-refractivity contribution in [3.8, 4) is 0 Å². The molecule has 1 amide bonds. The molecule has 0 aromatic rings. The first-order valence-electron chi connectivity index (χ1n) is 4.47. The average Bonchev–Trinajstić information content (AvgIpc) is 2.57. The van der Waals surface area contributed by atoms with Gasteiger partial charge in [-0.3, -0.25) is 4.79 Å². The first kappa shape index (κ1) is 13.3. The summed E-state index contributed by atoms with van der Waals surface area (Å²) < 4.78 is 35.6. The number of amides is 1. The second-order valence-electron chi connectivity index (χ2n) is 3.74. The summed E-state index contributed by atoms with van der Waals surface area (Å²) in [6.45, 7) is 0.870. The number of carboxylic acids is 1. The summed E-state index contributed by atoms with van der Waals surface area (Å²) in [5.74, 6) is -3.41. The number of nitrogens with one attached hydrogen (secondary N) is 1. The molecule has 0 bridgehead atoms. The molecular formula is C8H9F3N2O4. The summed E-state index contributed by atoms with van der Waals surface area (Å²) in [7, 11) is 0. The molecular weight excluding hydrogens is 245 g/mol. The SMILES string of the molecule is CC1(CNC(=O)C(F)(F)F)CC(C(=O)O)=NO1. The lowest BCUT2D eigenvalue weighted by atomic mass is 10.00. The van der Waals surface area contributed by atoms with E-state index in [1.54, 1.807) is 5.32 Å². The van der Waals surface area contributed by atoms with E-state index in [0.29, 0.717) is 0 Å². The summed E-state index contributed by atoms with van der Waals surface area (Å²) in [5.41, 5.74) is -1.57. The maximum absolute atomic E-state index is 11.9. The van der Waals surface area contributed by atoms with Crippen molar-refractivity contribution < 1.29 is 32.7 Å². The molecule has 1 atom stereocenters. The van der Waals surface area contributed by atoms with Crippen molar-refractivity contribution in [3.05, 3.63) is 0 Å². The molecule has 0 aromatic carbocycles. The molecule has 2 N–H and O–H groups in total. The quantitative estimate of drug-likeness (QED) is 0.757. The first-order chi connectivity index (χ1) is 7.64. The molecule has 0 spiro atoms. The number of aliphatic carboxylic acids is 1. The highest BCUT2D eigenvalue weighted by atomic mass is 19.4. The summed E-state index contributed by atoms with van der Waals surface area (Å²) in [6.07, 6.45) is -5.16. The van der Waals surface area contributed by atoms with Crippen molar-refractivity contribution in [1.29, 1.82) is 0 Å². The largest absolute Gasteiger partial charge is 0.477 e. The Labute approximate surface area is 93.4 Å². The second kappa shape index (κ2) is 4.22. The summed E-state index contributed by atoms with van der Waals surface area (Å²) in [4.78, 5) is 25.7. The Bertz CT molecular complexity index is 379. The fourth-order valence-corrected chi connectivity index (χ4v) is 1.16. The molecule has 96 valence electrons. The minimum Gasteiger partial charge on any atom is -0.477 e. The number of carbonyl (C=O) groups excluding carboxylic acids is 1. The molecule has 0 aliphatic carbocycles. The van der Waals surface area contributed by atoms with Crippen LogP contribution in [0.2, 0.25) is 0 Å². The van der Waals surface area contributed by atoms with E-state index in [9.17, 15) is 22.8 Å². The van der Waals surface area contributed by atoms with E-state index < -0.39 is 30.2 Å². The second-order valence-corrected chi connectivity index (χ2v) is 3.74. The van der Waals surface area contributed by atoms with Crippen LogP contribution in [0.15, 0.2) is 5.16 Å². The first-order valence-corrected chi connectivity index (χ1v) is 4.47. The molecule has 1 heterocycles. The van der Waals surface area contributed by atoms with Gasteiger partial charge in [-0.15, -0.1) is 0 Å². The molecule has 1 aliphatic rings. The van der Waals surface area contributed by atoms with E-state index in [4.69, 9.17) is 9.94 Å². The highest BCUT2D eigenvalue weighted by Crippen LogP contribution is 2.23. The molecule has 6 nitrogen and oxygen atoms in total. The maximum atomic E-state index is 11.9. The van der Waals surface area contributed by atoms with Crippen LogP contribution < -0.4 is 5.32 Å². The van der Waals surface area contributed by atoms with Gasteiger partial charge in [0, 0.05) is 6.42 Å². The fraction of sp³-hybridized carbons (Fsp3) is 0.625. The molecule has 0 fully saturated rings. The average molecular weight is 254 g/mol. The van der Waals surface area contributed by atoms with Gasteiger partial charge in [-0.25, -0.2) is 4.79 Å². The normalized spacial score (nSPS) is 23.9. The summed E-state index contributed by atoms with van der Waals surface area (Å²) in [6, 6.07) is 0. The zero-order valence-corrected chi connectivity index (χ0v) is 8.67. The van der Waals surface area contributed by atoms with E-state index in [1.165, 1.54) is 6.92 Å². The minimum absolute atomic E-state index is 0.180. The number of alkyl halides is 3. The summed E-state index contributed by atoms with van der Waals surface area (Å²) >= 11 is 0. The van der Waals surface area contributed by atoms with Crippen LogP contribution in [0.5, 0.6) is 0 Å². The smallest absolute Gasteiger partial charge is 0.471 e. The predicted molar refractivity (Wildman–Crippen MR) is 48.2 cm³/mol. The van der Waals surface area contributed by atoms with Gasteiger partial charge < -0.3 is 15.3 Å². The van der Waals surface area contributed by atoms with Crippen molar-refractivity contribution in [1.82, 2.24) is 5.32 Å². The molecule has 1 rings (SSSR count). The van der Waals surface area contributed by atoms with Crippen LogP contribution in [-0.2, 0) is 14.4 Å². The van der Waals surface area contributed by atoms with Crippen LogP contribution in [0.4, 0.5) is 13.2 Å². The molecule has 0 saturated carbocycles. The number of carboxylic acid groups (broad SMARTS) is 1. The van der Waals surface area contributed by atoms with Gasteiger partial charge in [-0.1, -0.05) is 5.16 Å². The Kier molecular flexibility index (Phi) is 3.30. The van der Waals surface area contributed by atoms with Gasteiger partial charge in [0.15, 0.2) is 11.3 Å². The van der Waals surface area contributed by atoms with E-state index in [0.717, 1.165) is 0 Å². The number of hydrogen-bond acceptors (Lipinski definition) is 4. The van der Waals surface area contributed by atoms with Gasteiger partial charge in [-0.05, 0) is 6.92 Å². The van der Waals surface area contributed by atoms with Crippen molar-refractivity contribution in [2.75, 3.05) is 6.54 Å². The standard InChI is InChI=1S/C8H9F3N2O4/c1-7(2-4(5(14)15)13-17-7)3-12-6(16)8(9,10)11/h2-3H2,1H3,(H,12,16)(H,14,15). The van der Waals surface area contributed by atoms with Gasteiger partial charge in [0.05, 0.1) is 6.54 Å². The van der Waals surface area contributed by atoms with Gasteiger partial charge >= 0.3 is 18.1 Å². The number of halogens is 3. The van der Waals surface area contributed by atoms with Gasteiger partial charge in [-0.2, -0.15) is 13.2 Å². The number of carbonyl (C=O) groups is 2. The van der Waals surface area contributed by atoms with E-state index in [-0.39, 0.29) is 12.1 Å². The van der Waals surface area contributed by atoms with Crippen LogP contribution >= 0.6 is 0 Å². The third-order valence-electron chi connectivity index (χ3n) is 2.04. The monoisotopic (exact) mass is 254 g/mol. The zero-order chi connectivity index (χ0) is 13.3. The molecule has 17 heavy (non-hydrogen) atoms. The van der Waals surface area contributed by atoms with E-state index >= 15 is 0 Å². The van der Waals surface area contributed by atoms with Crippen molar-refractivity contribution in [2.24, 2.45) is 5.16 Å². The number of oxime groups is 1. The Balaban J connectivity index is 2.50. The lowest BCUT2D eigenvalue weighted by Gasteiger charge is -2.21. The van der Waals surface area contributed by atoms with Crippen molar-refractivity contribution >= 4 is 17.6 Å². The van der Waals surface area contributed by atoms with E-state index in [2.05, 4.69) is 5.16 Å². The zero-order valence-electron chi connectivity index (χ0n) is 8.67. The van der Waals surface area contributed by atoms with Crippen LogP contribution in [0.3, 0.4) is 0 Å². The Morgan fingerprint density at radius 2 is 2.18 bits per heavy atom. The lowest BCUT2D eigenvalue weighted by molar-refractivity contribution is -0.174. The number of nitrogens with zero attached hydrogens (tertiary/aromatic N) is 1. The molecule has 0 radical (unpaired) electrons. The maximum Gasteiger partial charge on any atom is 0.471 e. The third kappa shape index (κ3) is 3.33. The van der Waals surface area contributed by atoms with Crippen LogP contribution in [0, 0.1) is 0 Å². The van der Waals surface area contributed by atoms with Crippen LogP contribution in [0.25, 0.3) is 0 Å². The fourth-order valence-electron chi connectivity index (χ4n) is 1.16. The minimum atomic E-state index is -4.98. The lowest BCUT2D eigenvalue weighted by Crippen LogP contribution is -2.45. The summed E-state index contributed by atoms with van der Waals surface area (Å²) in [5, 5.41) is 13.4. The van der Waals surface area contributed by atoms with Gasteiger partial charge in [0.1, 0.15) is 0 Å². The number of rotatable bonds is 3. The predicted octanol–water partition coefficient (Wildman–Crippen LogP) is 0.284. The van der Waals surface area contributed by atoms with Crippen molar-refractivity contribution in [2.45, 2.75) is 25.1 Å². The number of hydrogen-bond donors (Lipinski definition) is 2. The molecule has 0 saturated heterocycles. The topological polar surface area (TPSA) is 88.0 Å². The van der Waals surface area contributed by atoms with Crippen molar-refractivity contribution in [3.63, 3.8) is 0 Å². The molecule has 9 heteroatoms. The highest BCUT2D eigenvalue weighted by Gasteiger charge is 2.42. The molecule has 1 aliphatic heterocycles. The Morgan fingerprint density at radius 3 is 2.59 bits per heavy atom. The van der Waals surface area contributed by atoms with Gasteiger partial charge in [0.25, 0.3) is 0 Å². The van der Waals surface area contributed by atoms with E-state index in [1.807, 2.05) is 0 Å². The highest BCUT2D eigenvalue weighted by molar-refractivity contribution is 6.36. The van der Waals surface area contributed by atoms with Crippen LogP contribution in [-0.4, -0.2) is 41.0 Å². The Morgan fingerprint density at radius 1 is 1.59 bits per heavy atom.